The minimum atomic E-state index is -0.301. The summed E-state index contributed by atoms with van der Waals surface area (Å²) in [5.41, 5.74) is 6.92. The second-order valence-electron chi connectivity index (χ2n) is 6.57. The van der Waals surface area contributed by atoms with Crippen LogP contribution in [0.15, 0.2) is 42.5 Å². The molecular formula is C20H22ClFN2O2. The Hall–Kier alpha value is -2.11. The first-order chi connectivity index (χ1) is 12.5. The molecule has 6 heteroatoms. The lowest BCUT2D eigenvalue weighted by Gasteiger charge is -2.18. The van der Waals surface area contributed by atoms with Crippen LogP contribution in [0.3, 0.4) is 0 Å². The van der Waals surface area contributed by atoms with Gasteiger partial charge in [0.2, 0.25) is 5.91 Å². The average molecular weight is 377 g/mol. The van der Waals surface area contributed by atoms with Gasteiger partial charge in [-0.25, -0.2) is 4.39 Å². The molecule has 1 saturated carbocycles. The van der Waals surface area contributed by atoms with E-state index in [1.165, 1.54) is 6.07 Å². The number of carbonyl (C=O) groups excluding carboxylic acids is 1. The highest BCUT2D eigenvalue weighted by Crippen LogP contribution is 2.28. The largest absolute Gasteiger partial charge is 0.487 e. The molecule has 0 aliphatic heterocycles. The van der Waals surface area contributed by atoms with E-state index in [0.29, 0.717) is 22.9 Å². The Morgan fingerprint density at radius 2 is 2.08 bits per heavy atom. The van der Waals surface area contributed by atoms with Crippen molar-refractivity contribution in [3.63, 3.8) is 0 Å². The number of benzene rings is 2. The quantitative estimate of drug-likeness (QED) is 0.772. The summed E-state index contributed by atoms with van der Waals surface area (Å²) < 4.78 is 19.3. The average Bonchev–Trinajstić information content (AvgIpc) is 3.09. The Labute approximate surface area is 157 Å². The summed E-state index contributed by atoms with van der Waals surface area (Å²) in [6.07, 6.45) is 2.80. The van der Waals surface area contributed by atoms with Gasteiger partial charge in [0, 0.05) is 18.2 Å². The summed E-state index contributed by atoms with van der Waals surface area (Å²) in [5, 5.41) is 3.86. The zero-order valence-corrected chi connectivity index (χ0v) is 15.1. The Morgan fingerprint density at radius 1 is 1.27 bits per heavy atom. The summed E-state index contributed by atoms with van der Waals surface area (Å²) >= 11 is 6.29. The van der Waals surface area contributed by atoms with E-state index in [2.05, 4.69) is 5.32 Å². The van der Waals surface area contributed by atoms with E-state index < -0.39 is 0 Å². The predicted octanol–water partition coefficient (Wildman–Crippen LogP) is 3.80. The molecule has 2 unspecified atom stereocenters. The molecule has 1 aliphatic carbocycles. The van der Waals surface area contributed by atoms with Crippen molar-refractivity contribution in [3.05, 3.63) is 64.4 Å². The molecule has 4 nitrogen and oxygen atoms in total. The summed E-state index contributed by atoms with van der Waals surface area (Å²) in [5.74, 6) is -0.136. The molecule has 0 radical (unpaired) electrons. The third-order valence-electron chi connectivity index (χ3n) is 4.79. The van der Waals surface area contributed by atoms with Gasteiger partial charge in [0.25, 0.3) is 0 Å². The van der Waals surface area contributed by atoms with Crippen LogP contribution in [0.25, 0.3) is 0 Å². The summed E-state index contributed by atoms with van der Waals surface area (Å²) in [7, 11) is 0. The molecule has 3 N–H and O–H groups in total. The maximum Gasteiger partial charge on any atom is 0.222 e. The minimum Gasteiger partial charge on any atom is -0.487 e. The van der Waals surface area contributed by atoms with Gasteiger partial charge < -0.3 is 15.8 Å². The van der Waals surface area contributed by atoms with Crippen LogP contribution in [0.4, 0.5) is 4.39 Å². The lowest BCUT2D eigenvalue weighted by Crippen LogP contribution is -2.38. The molecule has 0 aromatic heterocycles. The Kier molecular flexibility index (Phi) is 6.12. The first-order valence-corrected chi connectivity index (χ1v) is 9.09. The molecule has 0 heterocycles. The van der Waals surface area contributed by atoms with E-state index in [0.717, 1.165) is 24.8 Å². The van der Waals surface area contributed by atoms with Crippen LogP contribution in [0.1, 0.15) is 30.4 Å². The molecule has 0 spiro atoms. The number of nitrogens with one attached hydrogen (secondary N) is 1. The number of nitrogens with two attached hydrogens (primary N) is 1. The maximum atomic E-state index is 13.6. The number of halogens is 2. The van der Waals surface area contributed by atoms with Gasteiger partial charge >= 0.3 is 0 Å². The van der Waals surface area contributed by atoms with Crippen molar-refractivity contribution in [3.8, 4) is 5.75 Å². The van der Waals surface area contributed by atoms with Crippen LogP contribution < -0.4 is 15.8 Å². The van der Waals surface area contributed by atoms with Crippen LogP contribution in [-0.2, 0) is 17.9 Å². The zero-order chi connectivity index (χ0) is 18.5. The van der Waals surface area contributed by atoms with Gasteiger partial charge in [0.15, 0.2) is 0 Å². The van der Waals surface area contributed by atoms with Crippen LogP contribution in [0, 0.1) is 11.7 Å². The third kappa shape index (κ3) is 4.54. The summed E-state index contributed by atoms with van der Waals surface area (Å²) in [6.45, 7) is 0.716. The Balaban J connectivity index is 1.57. The number of carbonyl (C=O) groups is 1. The van der Waals surface area contributed by atoms with Crippen molar-refractivity contribution < 1.29 is 13.9 Å². The number of rotatable bonds is 7. The maximum absolute atomic E-state index is 13.6. The van der Waals surface area contributed by atoms with Crippen molar-refractivity contribution >= 4 is 17.5 Å². The molecule has 2 aromatic rings. The standard InChI is InChI=1S/C20H22ClFN2O2/c21-16-10-13(11-24-18-7-3-5-15(18)20(23)25)8-9-19(16)26-12-14-4-1-2-6-17(14)22/h1-2,4,6,8-10,15,18,24H,3,5,7,11-12H2,(H2,23,25). The van der Waals surface area contributed by atoms with Crippen LogP contribution in [0.2, 0.25) is 5.02 Å². The highest BCUT2D eigenvalue weighted by atomic mass is 35.5. The van der Waals surface area contributed by atoms with E-state index >= 15 is 0 Å². The first-order valence-electron chi connectivity index (χ1n) is 8.72. The number of ether oxygens (including phenoxy) is 1. The smallest absolute Gasteiger partial charge is 0.222 e. The molecule has 26 heavy (non-hydrogen) atoms. The second kappa shape index (κ2) is 8.52. The van der Waals surface area contributed by atoms with Crippen molar-refractivity contribution in [2.75, 3.05) is 0 Å². The molecule has 138 valence electrons. The van der Waals surface area contributed by atoms with E-state index in [-0.39, 0.29) is 30.3 Å². The van der Waals surface area contributed by atoms with Crippen LogP contribution in [0.5, 0.6) is 5.75 Å². The molecule has 2 aromatic carbocycles. The normalized spacial score (nSPS) is 19.5. The van der Waals surface area contributed by atoms with E-state index in [4.69, 9.17) is 22.1 Å². The van der Waals surface area contributed by atoms with E-state index in [1.807, 2.05) is 12.1 Å². The Bertz CT molecular complexity index is 784. The van der Waals surface area contributed by atoms with E-state index in [9.17, 15) is 9.18 Å². The SMILES string of the molecule is NC(=O)C1CCCC1NCc1ccc(OCc2ccccc2F)c(Cl)c1. The monoisotopic (exact) mass is 376 g/mol. The fraction of sp³-hybridized carbons (Fsp3) is 0.350. The summed E-state index contributed by atoms with van der Waals surface area (Å²) in [4.78, 5) is 11.5. The van der Waals surface area contributed by atoms with Crippen LogP contribution in [-0.4, -0.2) is 11.9 Å². The number of primary amides is 1. The van der Waals surface area contributed by atoms with Gasteiger partial charge in [-0.2, -0.15) is 0 Å². The molecule has 1 amide bonds. The number of hydrogen-bond acceptors (Lipinski definition) is 3. The fourth-order valence-corrected chi connectivity index (χ4v) is 3.59. The molecule has 3 rings (SSSR count). The fourth-order valence-electron chi connectivity index (χ4n) is 3.34. The predicted molar refractivity (Wildman–Crippen MR) is 99.3 cm³/mol. The molecule has 1 aliphatic rings. The lowest BCUT2D eigenvalue weighted by molar-refractivity contribution is -0.122. The molecular weight excluding hydrogens is 355 g/mol. The number of amides is 1. The van der Waals surface area contributed by atoms with Gasteiger partial charge in [-0.15, -0.1) is 0 Å². The molecule has 1 fully saturated rings. The first kappa shape index (κ1) is 18.7. The van der Waals surface area contributed by atoms with Gasteiger partial charge in [-0.1, -0.05) is 42.3 Å². The van der Waals surface area contributed by atoms with Gasteiger partial charge in [0.05, 0.1) is 10.9 Å². The second-order valence-corrected chi connectivity index (χ2v) is 6.98. The highest BCUT2D eigenvalue weighted by molar-refractivity contribution is 6.32. The topological polar surface area (TPSA) is 64.4 Å². The number of hydrogen-bond donors (Lipinski definition) is 2. The Morgan fingerprint density at radius 3 is 2.81 bits per heavy atom. The van der Waals surface area contributed by atoms with Crippen LogP contribution >= 0.6 is 11.6 Å². The van der Waals surface area contributed by atoms with E-state index in [1.54, 1.807) is 24.3 Å². The van der Waals surface area contributed by atoms with Crippen molar-refractivity contribution in [1.82, 2.24) is 5.32 Å². The molecule has 0 saturated heterocycles. The van der Waals surface area contributed by atoms with Gasteiger partial charge in [0.1, 0.15) is 18.2 Å². The molecule has 0 bridgehead atoms. The van der Waals surface area contributed by atoms with Crippen molar-refractivity contribution in [2.24, 2.45) is 11.7 Å². The lowest BCUT2D eigenvalue weighted by atomic mass is 10.0. The van der Waals surface area contributed by atoms with Gasteiger partial charge in [-0.3, -0.25) is 4.79 Å². The van der Waals surface area contributed by atoms with Crippen molar-refractivity contribution in [1.29, 1.82) is 0 Å². The minimum absolute atomic E-state index is 0.103. The zero-order valence-electron chi connectivity index (χ0n) is 14.4. The van der Waals surface area contributed by atoms with Gasteiger partial charge in [-0.05, 0) is 36.6 Å². The molecule has 2 atom stereocenters. The third-order valence-corrected chi connectivity index (χ3v) is 5.08. The highest BCUT2D eigenvalue weighted by Gasteiger charge is 2.30. The summed E-state index contributed by atoms with van der Waals surface area (Å²) in [6, 6.07) is 12.1. The van der Waals surface area contributed by atoms with Crippen molar-refractivity contribution in [2.45, 2.75) is 38.5 Å².